The second-order valence-corrected chi connectivity index (χ2v) is 4.95. The van der Waals surface area contributed by atoms with Crippen LogP contribution in [0.1, 0.15) is 21.5 Å². The maximum Gasteiger partial charge on any atom is 0.255 e. The maximum atomic E-state index is 12.1. The molecule has 0 saturated carbocycles. The van der Waals surface area contributed by atoms with Gasteiger partial charge in [0.15, 0.2) is 0 Å². The number of rotatable bonds is 3. The van der Waals surface area contributed by atoms with E-state index in [0.29, 0.717) is 16.5 Å². The van der Waals surface area contributed by atoms with Gasteiger partial charge in [0.25, 0.3) is 5.91 Å². The fourth-order valence-electron chi connectivity index (χ4n) is 1.71. The van der Waals surface area contributed by atoms with Gasteiger partial charge in [0, 0.05) is 22.2 Å². The monoisotopic (exact) mass is 293 g/mol. The highest BCUT2D eigenvalue weighted by Gasteiger charge is 2.07. The number of hydrogen-bond donors (Lipinski definition) is 1. The number of benzene rings is 2. The van der Waals surface area contributed by atoms with E-state index in [-0.39, 0.29) is 5.91 Å². The summed E-state index contributed by atoms with van der Waals surface area (Å²) >= 11 is 11.6. The Bertz CT molecular complexity index is 594. The second-order valence-electron chi connectivity index (χ2n) is 4.24. The summed E-state index contributed by atoms with van der Waals surface area (Å²) in [6, 6.07) is 12.6. The van der Waals surface area contributed by atoms with Crippen molar-refractivity contribution < 1.29 is 4.79 Å². The van der Waals surface area contributed by atoms with Crippen LogP contribution in [0.4, 0.5) is 5.69 Å². The first-order valence-corrected chi connectivity index (χ1v) is 6.74. The highest BCUT2D eigenvalue weighted by molar-refractivity contribution is 6.30. The van der Waals surface area contributed by atoms with Crippen LogP contribution in [-0.4, -0.2) is 5.91 Å². The number of nitrogens with one attached hydrogen (secondary N) is 1. The predicted molar refractivity (Wildman–Crippen MR) is 80.1 cm³/mol. The number of amides is 1. The van der Waals surface area contributed by atoms with Gasteiger partial charge in [-0.1, -0.05) is 23.7 Å². The van der Waals surface area contributed by atoms with Gasteiger partial charge < -0.3 is 5.32 Å². The minimum absolute atomic E-state index is 0.147. The number of carbonyl (C=O) groups is 1. The molecule has 2 nitrogen and oxygen atoms in total. The Morgan fingerprint density at radius 3 is 2.42 bits per heavy atom. The summed E-state index contributed by atoms with van der Waals surface area (Å²) in [5, 5.41) is 3.52. The maximum absolute atomic E-state index is 12.1. The number of aryl methyl sites for hydroxylation is 1. The molecular weight excluding hydrogens is 281 g/mol. The van der Waals surface area contributed by atoms with Crippen LogP contribution >= 0.6 is 23.2 Å². The molecule has 2 rings (SSSR count). The third kappa shape index (κ3) is 3.49. The minimum Gasteiger partial charge on any atom is -0.322 e. The van der Waals surface area contributed by atoms with Gasteiger partial charge in [0.05, 0.1) is 0 Å². The fraction of sp³-hybridized carbons (Fsp3) is 0.133. The molecule has 98 valence electrons. The Balaban J connectivity index is 2.15. The van der Waals surface area contributed by atoms with Crippen molar-refractivity contribution in [3.8, 4) is 0 Å². The largest absolute Gasteiger partial charge is 0.322 e. The summed E-state index contributed by atoms with van der Waals surface area (Å²) in [4.78, 5) is 12.1. The highest BCUT2D eigenvalue weighted by atomic mass is 35.5. The molecule has 4 heteroatoms. The van der Waals surface area contributed by atoms with Crippen LogP contribution in [0.15, 0.2) is 42.5 Å². The standard InChI is InChI=1S/C15H13Cl2NO/c1-10-8-13(17)6-7-14(10)18-15(19)12-4-2-11(9-16)3-5-12/h2-8H,9H2,1H3,(H,18,19). The van der Waals surface area contributed by atoms with E-state index >= 15 is 0 Å². The summed E-state index contributed by atoms with van der Waals surface area (Å²) in [5.41, 5.74) is 3.28. The van der Waals surface area contributed by atoms with Crippen LogP contribution in [0.3, 0.4) is 0 Å². The van der Waals surface area contributed by atoms with Crippen molar-refractivity contribution >= 4 is 34.8 Å². The first-order chi connectivity index (χ1) is 9.10. The average Bonchev–Trinajstić information content (AvgIpc) is 2.42. The Morgan fingerprint density at radius 2 is 1.84 bits per heavy atom. The number of halogens is 2. The van der Waals surface area contributed by atoms with Crippen LogP contribution in [-0.2, 0) is 5.88 Å². The van der Waals surface area contributed by atoms with E-state index in [2.05, 4.69) is 5.32 Å². The van der Waals surface area contributed by atoms with Gasteiger partial charge in [0.1, 0.15) is 0 Å². The number of hydrogen-bond acceptors (Lipinski definition) is 1. The molecule has 1 N–H and O–H groups in total. The molecule has 0 unspecified atom stereocenters. The van der Waals surface area contributed by atoms with Crippen molar-refractivity contribution in [2.45, 2.75) is 12.8 Å². The molecule has 2 aromatic rings. The lowest BCUT2D eigenvalue weighted by Crippen LogP contribution is -2.12. The van der Waals surface area contributed by atoms with Gasteiger partial charge >= 0.3 is 0 Å². The van der Waals surface area contributed by atoms with Crippen LogP contribution in [0, 0.1) is 6.92 Å². The molecule has 0 saturated heterocycles. The van der Waals surface area contributed by atoms with E-state index in [0.717, 1.165) is 16.8 Å². The van der Waals surface area contributed by atoms with E-state index in [1.807, 2.05) is 25.1 Å². The first-order valence-electron chi connectivity index (χ1n) is 5.82. The van der Waals surface area contributed by atoms with Gasteiger partial charge in [-0.25, -0.2) is 0 Å². The Morgan fingerprint density at radius 1 is 1.16 bits per heavy atom. The van der Waals surface area contributed by atoms with Crippen molar-refractivity contribution in [3.63, 3.8) is 0 Å². The molecule has 0 fully saturated rings. The zero-order valence-corrected chi connectivity index (χ0v) is 11.9. The topological polar surface area (TPSA) is 29.1 Å². The summed E-state index contributed by atoms with van der Waals surface area (Å²) < 4.78 is 0. The van der Waals surface area contributed by atoms with Gasteiger partial charge in [-0.2, -0.15) is 0 Å². The molecule has 0 atom stereocenters. The summed E-state index contributed by atoms with van der Waals surface area (Å²) in [6.45, 7) is 1.90. The van der Waals surface area contributed by atoms with Crippen LogP contribution < -0.4 is 5.32 Å². The fourth-order valence-corrected chi connectivity index (χ4v) is 2.11. The molecule has 1 amide bonds. The van der Waals surface area contributed by atoms with Crippen LogP contribution in [0.2, 0.25) is 5.02 Å². The van der Waals surface area contributed by atoms with E-state index in [1.165, 1.54) is 0 Å². The molecule has 0 aliphatic heterocycles. The lowest BCUT2D eigenvalue weighted by atomic mass is 10.1. The quantitative estimate of drug-likeness (QED) is 0.821. The highest BCUT2D eigenvalue weighted by Crippen LogP contribution is 2.20. The van der Waals surface area contributed by atoms with E-state index in [9.17, 15) is 4.79 Å². The van der Waals surface area contributed by atoms with Crippen molar-refractivity contribution in [2.75, 3.05) is 5.32 Å². The van der Waals surface area contributed by atoms with Crippen molar-refractivity contribution in [1.29, 1.82) is 0 Å². The van der Waals surface area contributed by atoms with Crippen molar-refractivity contribution in [2.24, 2.45) is 0 Å². The Labute approximate surface area is 122 Å². The molecule has 2 aromatic carbocycles. The molecular formula is C15H13Cl2NO. The Kier molecular flexibility index (Phi) is 4.46. The SMILES string of the molecule is Cc1cc(Cl)ccc1NC(=O)c1ccc(CCl)cc1. The summed E-state index contributed by atoms with van der Waals surface area (Å²) in [7, 11) is 0. The second kappa shape index (κ2) is 6.09. The zero-order valence-electron chi connectivity index (χ0n) is 10.4. The van der Waals surface area contributed by atoms with Crippen LogP contribution in [0.25, 0.3) is 0 Å². The smallest absolute Gasteiger partial charge is 0.255 e. The lowest BCUT2D eigenvalue weighted by Gasteiger charge is -2.09. The third-order valence-electron chi connectivity index (χ3n) is 2.81. The van der Waals surface area contributed by atoms with Gasteiger partial charge in [0.2, 0.25) is 0 Å². The van der Waals surface area contributed by atoms with Crippen molar-refractivity contribution in [1.82, 2.24) is 0 Å². The number of carbonyl (C=O) groups excluding carboxylic acids is 1. The van der Waals surface area contributed by atoms with E-state index in [4.69, 9.17) is 23.2 Å². The molecule has 0 aromatic heterocycles. The number of anilines is 1. The first kappa shape index (κ1) is 13.9. The molecule has 0 aliphatic rings. The number of alkyl halides is 1. The normalized spacial score (nSPS) is 10.3. The van der Waals surface area contributed by atoms with E-state index in [1.54, 1.807) is 24.3 Å². The zero-order chi connectivity index (χ0) is 13.8. The van der Waals surface area contributed by atoms with Gasteiger partial charge in [-0.05, 0) is 48.4 Å². The Hall–Kier alpha value is -1.51. The average molecular weight is 294 g/mol. The molecule has 0 aliphatic carbocycles. The molecule has 0 radical (unpaired) electrons. The molecule has 19 heavy (non-hydrogen) atoms. The van der Waals surface area contributed by atoms with Crippen molar-refractivity contribution in [3.05, 3.63) is 64.2 Å². The van der Waals surface area contributed by atoms with Gasteiger partial charge in [-0.3, -0.25) is 4.79 Å². The van der Waals surface area contributed by atoms with Crippen LogP contribution in [0.5, 0.6) is 0 Å². The van der Waals surface area contributed by atoms with E-state index < -0.39 is 0 Å². The predicted octanol–water partition coefficient (Wildman–Crippen LogP) is 4.64. The molecule has 0 spiro atoms. The third-order valence-corrected chi connectivity index (χ3v) is 3.35. The molecule has 0 bridgehead atoms. The summed E-state index contributed by atoms with van der Waals surface area (Å²) in [5.74, 6) is 0.296. The minimum atomic E-state index is -0.147. The van der Waals surface area contributed by atoms with Gasteiger partial charge in [-0.15, -0.1) is 11.6 Å². The lowest BCUT2D eigenvalue weighted by molar-refractivity contribution is 0.102. The summed E-state index contributed by atoms with van der Waals surface area (Å²) in [6.07, 6.45) is 0. The molecule has 0 heterocycles.